The number of rotatable bonds is 4. The number of halogens is 1. The third kappa shape index (κ3) is 3.01. The van der Waals surface area contributed by atoms with E-state index in [1.807, 2.05) is 0 Å². The van der Waals surface area contributed by atoms with Crippen molar-refractivity contribution in [3.8, 4) is 5.75 Å². The van der Waals surface area contributed by atoms with Gasteiger partial charge in [-0.25, -0.2) is 4.39 Å². The molecular weight excluding hydrogens is 201 g/mol. The number of hydrogen-bond donors (Lipinski definition) is 3. The summed E-state index contributed by atoms with van der Waals surface area (Å²) >= 11 is 0. The summed E-state index contributed by atoms with van der Waals surface area (Å²) in [5, 5.41) is 13.8. The minimum atomic E-state index is -0.470. The molecule has 0 aromatic heterocycles. The number of methoxy groups -OCH3 is 1. The molecule has 1 rings (SSSR count). The molecule has 0 radical (unpaired) electrons. The van der Waals surface area contributed by atoms with Crippen LogP contribution < -0.4 is 15.8 Å². The largest absolute Gasteiger partial charge is 0.494 e. The molecule has 0 saturated heterocycles. The van der Waals surface area contributed by atoms with Gasteiger partial charge in [-0.1, -0.05) is 5.16 Å². The molecule has 0 amide bonds. The number of benzene rings is 1. The summed E-state index contributed by atoms with van der Waals surface area (Å²) in [6, 6.07) is 4.39. The third-order valence-electron chi connectivity index (χ3n) is 1.75. The lowest BCUT2D eigenvalue weighted by atomic mass is 10.3. The SMILES string of the molecule is COc1ccc(NCC(N)=NO)cc1F. The zero-order valence-electron chi connectivity index (χ0n) is 8.20. The Morgan fingerprint density at radius 3 is 2.93 bits per heavy atom. The minimum absolute atomic E-state index is 0.0197. The number of nitrogens with two attached hydrogens (primary N) is 1. The zero-order valence-corrected chi connectivity index (χ0v) is 8.20. The molecule has 82 valence electrons. The lowest BCUT2D eigenvalue weighted by Gasteiger charge is -2.07. The zero-order chi connectivity index (χ0) is 11.3. The molecule has 0 unspecified atom stereocenters. The Labute approximate surface area is 86.3 Å². The van der Waals surface area contributed by atoms with Crippen LogP contribution in [0.5, 0.6) is 5.75 Å². The van der Waals surface area contributed by atoms with Crippen LogP contribution in [0, 0.1) is 5.82 Å². The van der Waals surface area contributed by atoms with Crippen LogP contribution in [0.1, 0.15) is 0 Å². The van der Waals surface area contributed by atoms with E-state index in [1.165, 1.54) is 19.2 Å². The summed E-state index contributed by atoms with van der Waals surface area (Å²) in [5.74, 6) is -0.280. The maximum absolute atomic E-state index is 13.2. The maximum Gasteiger partial charge on any atom is 0.167 e. The normalized spacial score (nSPS) is 11.2. The van der Waals surface area contributed by atoms with Gasteiger partial charge >= 0.3 is 0 Å². The fourth-order valence-corrected chi connectivity index (χ4v) is 1.00. The Morgan fingerprint density at radius 2 is 2.40 bits per heavy atom. The van der Waals surface area contributed by atoms with Crippen molar-refractivity contribution in [2.75, 3.05) is 19.0 Å². The van der Waals surface area contributed by atoms with Crippen LogP contribution in [-0.2, 0) is 0 Å². The molecule has 5 nitrogen and oxygen atoms in total. The second-order valence-corrected chi connectivity index (χ2v) is 2.79. The summed E-state index contributed by atoms with van der Waals surface area (Å²) in [7, 11) is 1.39. The highest BCUT2D eigenvalue weighted by molar-refractivity contribution is 5.84. The van der Waals surface area contributed by atoms with Gasteiger partial charge in [0.15, 0.2) is 17.4 Å². The second kappa shape index (κ2) is 5.04. The highest BCUT2D eigenvalue weighted by atomic mass is 19.1. The second-order valence-electron chi connectivity index (χ2n) is 2.79. The van der Waals surface area contributed by atoms with E-state index in [4.69, 9.17) is 15.7 Å². The summed E-state index contributed by atoms with van der Waals surface area (Å²) < 4.78 is 17.9. The highest BCUT2D eigenvalue weighted by Gasteiger charge is 2.03. The lowest BCUT2D eigenvalue weighted by Crippen LogP contribution is -2.22. The van der Waals surface area contributed by atoms with Crippen molar-refractivity contribution < 1.29 is 14.3 Å². The molecule has 15 heavy (non-hydrogen) atoms. The van der Waals surface area contributed by atoms with Crippen molar-refractivity contribution in [1.29, 1.82) is 0 Å². The number of nitrogens with zero attached hydrogens (tertiary/aromatic N) is 1. The quantitative estimate of drug-likeness (QED) is 0.301. The van der Waals surface area contributed by atoms with Crippen molar-refractivity contribution in [3.05, 3.63) is 24.0 Å². The number of oxime groups is 1. The van der Waals surface area contributed by atoms with E-state index in [1.54, 1.807) is 6.07 Å². The summed E-state index contributed by atoms with van der Waals surface area (Å²) in [5.41, 5.74) is 5.76. The van der Waals surface area contributed by atoms with Gasteiger partial charge in [-0.15, -0.1) is 0 Å². The van der Waals surface area contributed by atoms with Crippen LogP contribution in [-0.4, -0.2) is 24.7 Å². The van der Waals surface area contributed by atoms with E-state index in [0.717, 1.165) is 0 Å². The van der Waals surface area contributed by atoms with Gasteiger partial charge < -0.3 is 21.0 Å². The smallest absolute Gasteiger partial charge is 0.167 e. The Balaban J connectivity index is 2.67. The predicted molar refractivity (Wildman–Crippen MR) is 54.9 cm³/mol. The first-order valence-corrected chi connectivity index (χ1v) is 4.21. The van der Waals surface area contributed by atoms with Crippen LogP contribution in [0.4, 0.5) is 10.1 Å². The Morgan fingerprint density at radius 1 is 1.67 bits per heavy atom. The van der Waals surface area contributed by atoms with E-state index < -0.39 is 5.82 Å². The average Bonchev–Trinajstić information content (AvgIpc) is 2.26. The van der Waals surface area contributed by atoms with Gasteiger partial charge in [-0.05, 0) is 12.1 Å². The van der Waals surface area contributed by atoms with Crippen molar-refractivity contribution in [1.82, 2.24) is 0 Å². The third-order valence-corrected chi connectivity index (χ3v) is 1.75. The number of amidine groups is 1. The van der Waals surface area contributed by atoms with Crippen LogP contribution in [0.15, 0.2) is 23.4 Å². The molecule has 0 aliphatic carbocycles. The van der Waals surface area contributed by atoms with Gasteiger partial charge in [0.05, 0.1) is 13.7 Å². The van der Waals surface area contributed by atoms with Crippen LogP contribution in [0.2, 0.25) is 0 Å². The van der Waals surface area contributed by atoms with Crippen LogP contribution >= 0.6 is 0 Å². The van der Waals surface area contributed by atoms with Crippen molar-refractivity contribution >= 4 is 11.5 Å². The Kier molecular flexibility index (Phi) is 3.73. The molecule has 0 spiro atoms. The molecule has 1 aromatic carbocycles. The van der Waals surface area contributed by atoms with Crippen molar-refractivity contribution in [2.45, 2.75) is 0 Å². The fraction of sp³-hybridized carbons (Fsp3) is 0.222. The van der Waals surface area contributed by atoms with E-state index in [2.05, 4.69) is 10.5 Å². The van der Waals surface area contributed by atoms with Gasteiger partial charge in [0.1, 0.15) is 0 Å². The van der Waals surface area contributed by atoms with Crippen molar-refractivity contribution in [3.63, 3.8) is 0 Å². The summed E-state index contributed by atoms with van der Waals surface area (Å²) in [4.78, 5) is 0. The highest BCUT2D eigenvalue weighted by Crippen LogP contribution is 2.20. The Bertz CT molecular complexity index is 368. The van der Waals surface area contributed by atoms with Crippen LogP contribution in [0.3, 0.4) is 0 Å². The molecule has 0 saturated carbocycles. The molecular formula is C9H12FN3O2. The molecule has 1 aromatic rings. The number of hydrogen-bond acceptors (Lipinski definition) is 4. The molecule has 6 heteroatoms. The number of nitrogens with one attached hydrogen (secondary N) is 1. The van der Waals surface area contributed by atoms with Crippen LogP contribution in [0.25, 0.3) is 0 Å². The van der Waals surface area contributed by atoms with Gasteiger partial charge in [-0.2, -0.15) is 0 Å². The topological polar surface area (TPSA) is 79.9 Å². The Hall–Kier alpha value is -1.98. The first-order valence-electron chi connectivity index (χ1n) is 4.21. The van der Waals surface area contributed by atoms with Gasteiger partial charge in [0.25, 0.3) is 0 Å². The number of ether oxygens (including phenoxy) is 1. The molecule has 0 heterocycles. The van der Waals surface area contributed by atoms with Crippen molar-refractivity contribution in [2.24, 2.45) is 10.9 Å². The monoisotopic (exact) mass is 213 g/mol. The maximum atomic E-state index is 13.2. The standard InChI is InChI=1S/C9H12FN3O2/c1-15-8-3-2-6(4-7(8)10)12-5-9(11)13-14/h2-4,12,14H,5H2,1H3,(H2,11,13). The average molecular weight is 213 g/mol. The summed E-state index contributed by atoms with van der Waals surface area (Å²) in [6.45, 7) is 0.141. The molecule has 0 atom stereocenters. The first kappa shape index (κ1) is 11.1. The fourth-order valence-electron chi connectivity index (χ4n) is 1.00. The summed E-state index contributed by atoms with van der Waals surface area (Å²) in [6.07, 6.45) is 0. The minimum Gasteiger partial charge on any atom is -0.494 e. The first-order chi connectivity index (χ1) is 7.17. The molecule has 0 aliphatic rings. The predicted octanol–water partition coefficient (Wildman–Crippen LogP) is 0.993. The lowest BCUT2D eigenvalue weighted by molar-refractivity contribution is 0.317. The van der Waals surface area contributed by atoms with Gasteiger partial charge in [-0.3, -0.25) is 0 Å². The van der Waals surface area contributed by atoms with E-state index >= 15 is 0 Å². The van der Waals surface area contributed by atoms with E-state index in [9.17, 15) is 4.39 Å². The number of anilines is 1. The van der Waals surface area contributed by atoms with E-state index in [-0.39, 0.29) is 18.1 Å². The molecule has 4 N–H and O–H groups in total. The molecule has 0 aliphatic heterocycles. The molecule has 0 fully saturated rings. The van der Waals surface area contributed by atoms with E-state index in [0.29, 0.717) is 5.69 Å². The molecule has 0 bridgehead atoms. The van der Waals surface area contributed by atoms with Gasteiger partial charge in [0, 0.05) is 11.8 Å². The van der Waals surface area contributed by atoms with Gasteiger partial charge in [0.2, 0.25) is 0 Å².